The Balaban J connectivity index is 1.74. The molecule has 0 spiro atoms. The maximum Gasteiger partial charge on any atom is 0.237 e. The van der Waals surface area contributed by atoms with Crippen LogP contribution in [0.5, 0.6) is 0 Å². The monoisotopic (exact) mass is 290 g/mol. The predicted octanol–water partition coefficient (Wildman–Crippen LogP) is 2.84. The largest absolute Gasteiger partial charge is 0.348 e. The summed E-state index contributed by atoms with van der Waals surface area (Å²) in [6, 6.07) is 5.35. The number of hydrogen-bond acceptors (Lipinski definition) is 2. The lowest BCUT2D eigenvalue weighted by atomic mass is 9.99. The van der Waals surface area contributed by atoms with Crippen LogP contribution in [-0.4, -0.2) is 18.0 Å². The van der Waals surface area contributed by atoms with Crippen molar-refractivity contribution in [2.24, 2.45) is 5.92 Å². The third-order valence-electron chi connectivity index (χ3n) is 4.57. The zero-order valence-electron chi connectivity index (χ0n) is 12.7. The predicted molar refractivity (Wildman–Crippen MR) is 80.4 cm³/mol. The summed E-state index contributed by atoms with van der Waals surface area (Å²) in [5, 5.41) is 6.36. The fraction of sp³-hybridized carbons (Fsp3) is 0.588. The van der Waals surface area contributed by atoms with Crippen molar-refractivity contribution in [2.75, 3.05) is 0 Å². The number of nitrogens with one attached hydrogen (secondary N) is 2. The first-order chi connectivity index (χ1) is 10.0. The molecule has 0 bridgehead atoms. The molecule has 1 saturated heterocycles. The maximum absolute atomic E-state index is 14.2. The quantitative estimate of drug-likeness (QED) is 0.895. The summed E-state index contributed by atoms with van der Waals surface area (Å²) in [6.07, 6.45) is 4.01. The highest BCUT2D eigenvalue weighted by Gasteiger charge is 2.37. The second-order valence-corrected chi connectivity index (χ2v) is 6.55. The number of amides is 1. The Morgan fingerprint density at radius 1 is 1.33 bits per heavy atom. The molecule has 0 aromatic heterocycles. The first-order valence-electron chi connectivity index (χ1n) is 7.87. The van der Waals surface area contributed by atoms with Gasteiger partial charge in [-0.3, -0.25) is 4.79 Å². The molecule has 1 saturated carbocycles. The van der Waals surface area contributed by atoms with Crippen LogP contribution in [0.4, 0.5) is 4.39 Å². The Labute approximate surface area is 125 Å². The number of aryl methyl sites for hydroxylation is 1. The zero-order valence-corrected chi connectivity index (χ0v) is 12.7. The van der Waals surface area contributed by atoms with Crippen LogP contribution < -0.4 is 10.6 Å². The molecule has 3 atom stereocenters. The fourth-order valence-electron chi connectivity index (χ4n) is 3.15. The molecule has 1 amide bonds. The van der Waals surface area contributed by atoms with Gasteiger partial charge in [0.25, 0.3) is 0 Å². The highest BCUT2D eigenvalue weighted by atomic mass is 19.1. The SMILES string of the molecule is Cc1ccc([C@H](NC(=O)[C@H]2CC[C@@H](C)N2)C2CC2)c(F)c1. The van der Waals surface area contributed by atoms with Crippen LogP contribution in [0.3, 0.4) is 0 Å². The van der Waals surface area contributed by atoms with E-state index in [0.717, 1.165) is 31.2 Å². The van der Waals surface area contributed by atoms with Gasteiger partial charge in [-0.25, -0.2) is 4.39 Å². The third-order valence-corrected chi connectivity index (χ3v) is 4.57. The summed E-state index contributed by atoms with van der Waals surface area (Å²) in [5.74, 6) is 0.182. The number of halogens is 1. The van der Waals surface area contributed by atoms with Gasteiger partial charge in [-0.2, -0.15) is 0 Å². The van der Waals surface area contributed by atoms with Crippen molar-refractivity contribution in [1.29, 1.82) is 0 Å². The topological polar surface area (TPSA) is 41.1 Å². The molecule has 1 aromatic rings. The van der Waals surface area contributed by atoms with Crippen LogP contribution in [-0.2, 0) is 4.79 Å². The van der Waals surface area contributed by atoms with Crippen molar-refractivity contribution < 1.29 is 9.18 Å². The first-order valence-corrected chi connectivity index (χ1v) is 7.87. The molecule has 4 heteroatoms. The van der Waals surface area contributed by atoms with Crippen LogP contribution in [0.15, 0.2) is 18.2 Å². The lowest BCUT2D eigenvalue weighted by molar-refractivity contribution is -0.123. The Hall–Kier alpha value is -1.42. The van der Waals surface area contributed by atoms with E-state index in [2.05, 4.69) is 17.6 Å². The van der Waals surface area contributed by atoms with Gasteiger partial charge in [0.05, 0.1) is 12.1 Å². The van der Waals surface area contributed by atoms with Gasteiger partial charge in [0.1, 0.15) is 5.82 Å². The van der Waals surface area contributed by atoms with E-state index in [0.29, 0.717) is 17.5 Å². The van der Waals surface area contributed by atoms with Crippen LogP contribution in [0.25, 0.3) is 0 Å². The van der Waals surface area contributed by atoms with Crippen molar-refractivity contribution in [2.45, 2.75) is 57.7 Å². The number of carbonyl (C=O) groups is 1. The molecule has 0 unspecified atom stereocenters. The molecule has 0 radical (unpaired) electrons. The Bertz CT molecular complexity index is 542. The lowest BCUT2D eigenvalue weighted by Crippen LogP contribution is -2.44. The van der Waals surface area contributed by atoms with E-state index < -0.39 is 0 Å². The fourth-order valence-corrected chi connectivity index (χ4v) is 3.15. The summed E-state index contributed by atoms with van der Waals surface area (Å²) < 4.78 is 14.2. The molecule has 1 heterocycles. The molecule has 3 nitrogen and oxygen atoms in total. The minimum atomic E-state index is -0.208. The standard InChI is InChI=1S/C17H23FN2O/c1-10-3-7-13(14(18)9-10)16(12-5-6-12)20-17(21)15-8-4-11(2)19-15/h3,7,9,11-12,15-16,19H,4-6,8H2,1-2H3,(H,20,21)/t11-,15-,16-/m1/s1. The van der Waals surface area contributed by atoms with Crippen LogP contribution in [0.1, 0.15) is 49.8 Å². The number of hydrogen-bond donors (Lipinski definition) is 2. The minimum Gasteiger partial charge on any atom is -0.348 e. The van der Waals surface area contributed by atoms with E-state index in [1.54, 1.807) is 6.07 Å². The molecule has 1 aliphatic heterocycles. The Morgan fingerprint density at radius 2 is 2.10 bits per heavy atom. The third kappa shape index (κ3) is 3.26. The van der Waals surface area contributed by atoms with Gasteiger partial charge in [0.2, 0.25) is 5.91 Å². The van der Waals surface area contributed by atoms with Gasteiger partial charge in [-0.15, -0.1) is 0 Å². The van der Waals surface area contributed by atoms with Gasteiger partial charge in [-0.05, 0) is 57.1 Å². The zero-order chi connectivity index (χ0) is 15.0. The molecule has 1 aliphatic carbocycles. The van der Waals surface area contributed by atoms with Gasteiger partial charge < -0.3 is 10.6 Å². The molecular formula is C17H23FN2O. The summed E-state index contributed by atoms with van der Waals surface area (Å²) in [5.41, 5.74) is 1.53. The summed E-state index contributed by atoms with van der Waals surface area (Å²) >= 11 is 0. The van der Waals surface area contributed by atoms with Gasteiger partial charge in [0.15, 0.2) is 0 Å². The highest BCUT2D eigenvalue weighted by Crippen LogP contribution is 2.42. The molecule has 1 aromatic carbocycles. The number of rotatable bonds is 4. The molecule has 2 fully saturated rings. The number of carbonyl (C=O) groups excluding carboxylic acids is 1. The van der Waals surface area contributed by atoms with E-state index >= 15 is 0 Å². The minimum absolute atomic E-state index is 0.0104. The van der Waals surface area contributed by atoms with Crippen molar-refractivity contribution in [3.05, 3.63) is 35.1 Å². The highest BCUT2D eigenvalue weighted by molar-refractivity contribution is 5.82. The molecular weight excluding hydrogens is 267 g/mol. The van der Waals surface area contributed by atoms with Crippen molar-refractivity contribution in [3.63, 3.8) is 0 Å². The second-order valence-electron chi connectivity index (χ2n) is 6.55. The summed E-state index contributed by atoms with van der Waals surface area (Å²) in [6.45, 7) is 3.96. The van der Waals surface area contributed by atoms with Crippen molar-refractivity contribution >= 4 is 5.91 Å². The van der Waals surface area contributed by atoms with E-state index in [-0.39, 0.29) is 23.8 Å². The molecule has 21 heavy (non-hydrogen) atoms. The second kappa shape index (κ2) is 5.76. The Morgan fingerprint density at radius 3 is 2.67 bits per heavy atom. The van der Waals surface area contributed by atoms with Crippen LogP contribution in [0.2, 0.25) is 0 Å². The normalized spacial score (nSPS) is 26.6. The summed E-state index contributed by atoms with van der Waals surface area (Å²) in [4.78, 5) is 12.4. The smallest absolute Gasteiger partial charge is 0.237 e. The van der Waals surface area contributed by atoms with Crippen LogP contribution >= 0.6 is 0 Å². The molecule has 114 valence electrons. The average Bonchev–Trinajstić information content (AvgIpc) is 3.18. The van der Waals surface area contributed by atoms with Crippen molar-refractivity contribution in [3.8, 4) is 0 Å². The first kappa shape index (κ1) is 14.5. The number of benzene rings is 1. The van der Waals surface area contributed by atoms with Gasteiger partial charge in [0, 0.05) is 11.6 Å². The molecule has 2 N–H and O–H groups in total. The average molecular weight is 290 g/mol. The van der Waals surface area contributed by atoms with Crippen LogP contribution in [0, 0.1) is 18.7 Å². The van der Waals surface area contributed by atoms with Gasteiger partial charge >= 0.3 is 0 Å². The molecule has 3 rings (SSSR count). The van der Waals surface area contributed by atoms with E-state index in [4.69, 9.17) is 0 Å². The Kier molecular flexibility index (Phi) is 3.98. The molecule has 2 aliphatic rings. The van der Waals surface area contributed by atoms with E-state index in [1.807, 2.05) is 19.1 Å². The van der Waals surface area contributed by atoms with E-state index in [1.165, 1.54) is 0 Å². The maximum atomic E-state index is 14.2. The lowest BCUT2D eigenvalue weighted by Gasteiger charge is -2.22. The van der Waals surface area contributed by atoms with E-state index in [9.17, 15) is 9.18 Å². The van der Waals surface area contributed by atoms with Crippen molar-refractivity contribution in [1.82, 2.24) is 10.6 Å². The van der Waals surface area contributed by atoms with Gasteiger partial charge in [-0.1, -0.05) is 12.1 Å². The summed E-state index contributed by atoms with van der Waals surface area (Å²) in [7, 11) is 0.